The van der Waals surface area contributed by atoms with Crippen LogP contribution in [0, 0.1) is 17.5 Å². The number of halogens is 3. The fraction of sp³-hybridized carbons (Fsp3) is 0. The van der Waals surface area contributed by atoms with E-state index in [1.165, 1.54) is 12.1 Å². The van der Waals surface area contributed by atoms with Crippen LogP contribution in [-0.2, 0) is 4.79 Å². The number of carbonyl (C=O) groups excluding carboxylic acids is 1. The molecule has 0 amide bonds. The van der Waals surface area contributed by atoms with E-state index in [-0.39, 0.29) is 16.7 Å². The van der Waals surface area contributed by atoms with Gasteiger partial charge in [-0.15, -0.1) is 0 Å². The molecular weight excluding hydrogens is 401 g/mol. The summed E-state index contributed by atoms with van der Waals surface area (Å²) in [7, 11) is 0. The molecule has 3 aromatic rings. The summed E-state index contributed by atoms with van der Waals surface area (Å²) in [6.45, 7) is 0. The van der Waals surface area contributed by atoms with Crippen LogP contribution in [-0.4, -0.2) is 21.4 Å². The zero-order chi connectivity index (χ0) is 22.0. The molecule has 0 radical (unpaired) electrons. The van der Waals surface area contributed by atoms with Gasteiger partial charge in [-0.2, -0.15) is 0 Å². The lowest BCUT2D eigenvalue weighted by Gasteiger charge is -2.15. The normalized spacial score (nSPS) is 11.0. The van der Waals surface area contributed by atoms with Gasteiger partial charge in [0.05, 0.1) is 5.56 Å². The molecule has 152 valence electrons. The number of nitrogens with zero attached hydrogens (tertiary/aromatic N) is 1. The Hall–Kier alpha value is -4.14. The summed E-state index contributed by atoms with van der Waals surface area (Å²) in [5.74, 6) is -5.45. The number of carbonyl (C=O) groups is 2. The number of hydrogen-bond donors (Lipinski definition) is 2. The molecule has 0 aliphatic rings. The van der Waals surface area contributed by atoms with Crippen LogP contribution >= 0.6 is 0 Å². The molecule has 6 nitrogen and oxygen atoms in total. The minimum Gasteiger partial charge on any atom is -0.478 e. The number of ketones is 1. The third-order valence-electron chi connectivity index (χ3n) is 4.16. The monoisotopic (exact) mass is 414 g/mol. The molecule has 2 aromatic carbocycles. The summed E-state index contributed by atoms with van der Waals surface area (Å²) in [5, 5.41) is 8.62. The first-order valence-corrected chi connectivity index (χ1v) is 8.41. The third kappa shape index (κ3) is 4.00. The van der Waals surface area contributed by atoms with Crippen LogP contribution in [0.3, 0.4) is 0 Å². The van der Waals surface area contributed by atoms with Crippen LogP contribution in [0.5, 0.6) is 0 Å². The van der Waals surface area contributed by atoms with Crippen LogP contribution in [0.25, 0.3) is 11.8 Å². The third-order valence-corrected chi connectivity index (χ3v) is 4.16. The highest BCUT2D eigenvalue weighted by molar-refractivity contribution is 6.11. The highest BCUT2D eigenvalue weighted by Gasteiger charge is 2.21. The first kappa shape index (κ1) is 20.6. The Morgan fingerprint density at radius 3 is 2.13 bits per heavy atom. The largest absolute Gasteiger partial charge is 0.478 e. The molecule has 0 bridgehead atoms. The quantitative estimate of drug-likeness (QED) is 0.493. The van der Waals surface area contributed by atoms with E-state index in [2.05, 4.69) is 0 Å². The van der Waals surface area contributed by atoms with Gasteiger partial charge in [-0.25, -0.2) is 18.0 Å². The Balaban J connectivity index is 2.15. The molecule has 0 aliphatic carbocycles. The molecular formula is C21H13F3N2O4. The van der Waals surface area contributed by atoms with Crippen molar-refractivity contribution in [3.63, 3.8) is 0 Å². The van der Waals surface area contributed by atoms with E-state index in [0.29, 0.717) is 10.6 Å². The first-order valence-electron chi connectivity index (χ1n) is 8.41. The maximum Gasteiger partial charge on any atom is 0.328 e. The maximum absolute atomic E-state index is 14.6. The number of nitrogens with two attached hydrogens (primary N) is 1. The predicted molar refractivity (Wildman–Crippen MR) is 103 cm³/mol. The average molecular weight is 414 g/mol. The lowest BCUT2D eigenvalue weighted by molar-refractivity contribution is -0.131. The van der Waals surface area contributed by atoms with Crippen LogP contribution in [0.2, 0.25) is 0 Å². The molecule has 3 N–H and O–H groups in total. The smallest absolute Gasteiger partial charge is 0.328 e. The Labute approximate surface area is 167 Å². The zero-order valence-corrected chi connectivity index (χ0v) is 15.1. The highest BCUT2D eigenvalue weighted by Crippen LogP contribution is 2.24. The lowest BCUT2D eigenvalue weighted by atomic mass is 10.0. The number of aliphatic carboxylic acids is 1. The van der Waals surface area contributed by atoms with E-state index < -0.39 is 46.3 Å². The van der Waals surface area contributed by atoms with Crippen LogP contribution in [0.1, 0.15) is 21.5 Å². The van der Waals surface area contributed by atoms with Gasteiger partial charge in [-0.1, -0.05) is 0 Å². The Kier molecular flexibility index (Phi) is 5.54. The number of hydrogen-bond acceptors (Lipinski definition) is 4. The average Bonchev–Trinajstić information content (AvgIpc) is 2.68. The fourth-order valence-electron chi connectivity index (χ4n) is 2.80. The molecule has 0 aliphatic heterocycles. The summed E-state index contributed by atoms with van der Waals surface area (Å²) in [4.78, 5) is 35.5. The van der Waals surface area contributed by atoms with Crippen molar-refractivity contribution in [1.29, 1.82) is 0 Å². The second-order valence-corrected chi connectivity index (χ2v) is 6.15. The highest BCUT2D eigenvalue weighted by atomic mass is 19.1. The number of carboxylic acid groups (broad SMARTS) is 1. The second-order valence-electron chi connectivity index (χ2n) is 6.15. The summed E-state index contributed by atoms with van der Waals surface area (Å²) in [6, 6.07) is 8.19. The van der Waals surface area contributed by atoms with Crippen molar-refractivity contribution in [2.24, 2.45) is 0 Å². The summed E-state index contributed by atoms with van der Waals surface area (Å²) in [6.07, 6.45) is 1.66. The minimum absolute atomic E-state index is 0.0587. The minimum atomic E-state index is -1.31. The van der Waals surface area contributed by atoms with E-state index in [4.69, 9.17) is 10.8 Å². The standard InChI is InChI=1S/C21H13F3N2O4/c22-13-4-2-12(3-5-13)20(30)14-6-7-17(27)26(21(14)25)19-15(23)9-11(10-16(19)24)1-8-18(28)29/h1-10H,25H2,(H,28,29)/b8-1+. The van der Waals surface area contributed by atoms with Crippen molar-refractivity contribution in [3.05, 3.63) is 99.1 Å². The molecule has 0 fully saturated rings. The Morgan fingerprint density at radius 1 is 0.967 bits per heavy atom. The van der Waals surface area contributed by atoms with E-state index in [1.54, 1.807) is 0 Å². The molecule has 1 heterocycles. The lowest BCUT2D eigenvalue weighted by Crippen LogP contribution is -2.25. The molecule has 0 saturated carbocycles. The van der Waals surface area contributed by atoms with Gasteiger partial charge >= 0.3 is 5.97 Å². The van der Waals surface area contributed by atoms with Crippen molar-refractivity contribution < 1.29 is 27.9 Å². The molecule has 0 atom stereocenters. The molecule has 0 spiro atoms. The van der Waals surface area contributed by atoms with Gasteiger partial charge in [0.15, 0.2) is 17.4 Å². The van der Waals surface area contributed by atoms with Crippen molar-refractivity contribution in [2.45, 2.75) is 0 Å². The van der Waals surface area contributed by atoms with Crippen molar-refractivity contribution in [1.82, 2.24) is 4.57 Å². The maximum atomic E-state index is 14.6. The van der Waals surface area contributed by atoms with Gasteiger partial charge in [-0.3, -0.25) is 14.2 Å². The zero-order valence-electron chi connectivity index (χ0n) is 15.1. The SMILES string of the molecule is Nc1c(C(=O)c2ccc(F)cc2)ccc(=O)n1-c1c(F)cc(/C=C/C(=O)O)cc1F. The van der Waals surface area contributed by atoms with Crippen molar-refractivity contribution in [2.75, 3.05) is 5.73 Å². The summed E-state index contributed by atoms with van der Waals surface area (Å²) >= 11 is 0. The summed E-state index contributed by atoms with van der Waals surface area (Å²) < 4.78 is 42.8. The van der Waals surface area contributed by atoms with Gasteiger partial charge < -0.3 is 10.8 Å². The number of anilines is 1. The number of benzene rings is 2. The van der Waals surface area contributed by atoms with E-state index in [0.717, 1.165) is 42.5 Å². The molecule has 0 unspecified atom stereocenters. The second kappa shape index (κ2) is 8.08. The molecule has 3 rings (SSSR count). The topological polar surface area (TPSA) is 102 Å². The number of carboxylic acids is 1. The summed E-state index contributed by atoms with van der Waals surface area (Å²) in [5.41, 5.74) is 3.94. The van der Waals surface area contributed by atoms with Gasteiger partial charge in [0, 0.05) is 17.7 Å². The fourth-order valence-corrected chi connectivity index (χ4v) is 2.80. The van der Waals surface area contributed by atoms with Crippen LogP contribution < -0.4 is 11.3 Å². The molecule has 9 heteroatoms. The van der Waals surface area contributed by atoms with E-state index in [1.807, 2.05) is 0 Å². The molecule has 1 aromatic heterocycles. The van der Waals surface area contributed by atoms with E-state index in [9.17, 15) is 27.6 Å². The van der Waals surface area contributed by atoms with E-state index >= 15 is 0 Å². The van der Waals surface area contributed by atoms with Gasteiger partial charge in [0.2, 0.25) is 0 Å². The molecule has 0 saturated heterocycles. The van der Waals surface area contributed by atoms with Crippen molar-refractivity contribution >= 4 is 23.6 Å². The van der Waals surface area contributed by atoms with Gasteiger partial charge in [0.1, 0.15) is 17.3 Å². The number of pyridine rings is 1. The van der Waals surface area contributed by atoms with Gasteiger partial charge in [0.25, 0.3) is 5.56 Å². The first-order chi connectivity index (χ1) is 14.2. The Bertz CT molecular complexity index is 1230. The van der Waals surface area contributed by atoms with Crippen LogP contribution in [0.15, 0.2) is 59.4 Å². The number of aromatic nitrogens is 1. The van der Waals surface area contributed by atoms with Gasteiger partial charge in [-0.05, 0) is 54.1 Å². The predicted octanol–water partition coefficient (Wildman–Crippen LogP) is 3.17. The van der Waals surface area contributed by atoms with Crippen molar-refractivity contribution in [3.8, 4) is 5.69 Å². The Morgan fingerprint density at radius 2 is 1.57 bits per heavy atom. The number of nitrogen functional groups attached to an aromatic ring is 1. The van der Waals surface area contributed by atoms with Crippen LogP contribution in [0.4, 0.5) is 19.0 Å². The number of rotatable bonds is 5. The molecule has 30 heavy (non-hydrogen) atoms.